The molecule has 11 heteroatoms. The summed E-state index contributed by atoms with van der Waals surface area (Å²) in [5.41, 5.74) is 1.63. The molecule has 0 atom stereocenters. The summed E-state index contributed by atoms with van der Waals surface area (Å²) in [6.45, 7) is 3.68. The SMILES string of the molecule is Cc1c(C(=O)Nc2ccc(-n3cccn3)c(F)c2)nnn1C1CCNCC1.Cl.Cl. The Balaban J connectivity index is 0.00000150. The Morgan fingerprint density at radius 1 is 1.28 bits per heavy atom. The molecule has 1 aliphatic rings. The normalized spacial score (nSPS) is 14.0. The number of amides is 1. The van der Waals surface area contributed by atoms with Crippen molar-refractivity contribution in [3.8, 4) is 5.69 Å². The number of nitrogens with zero attached hydrogens (tertiary/aromatic N) is 5. The number of piperidine rings is 1. The molecule has 1 aliphatic heterocycles. The number of hydrogen-bond acceptors (Lipinski definition) is 5. The second-order valence-corrected chi connectivity index (χ2v) is 6.52. The van der Waals surface area contributed by atoms with Crippen molar-refractivity contribution in [3.05, 3.63) is 53.9 Å². The molecule has 4 rings (SSSR count). The van der Waals surface area contributed by atoms with E-state index in [4.69, 9.17) is 0 Å². The number of rotatable bonds is 4. The van der Waals surface area contributed by atoms with Gasteiger partial charge in [-0.15, -0.1) is 29.9 Å². The number of carbonyl (C=O) groups excluding carboxylic acids is 1. The number of benzene rings is 1. The fraction of sp³-hybridized carbons (Fsp3) is 0.333. The molecule has 0 saturated carbocycles. The van der Waals surface area contributed by atoms with Crippen molar-refractivity contribution in [2.24, 2.45) is 0 Å². The van der Waals surface area contributed by atoms with Gasteiger partial charge in [0.05, 0.1) is 11.7 Å². The second-order valence-electron chi connectivity index (χ2n) is 6.52. The monoisotopic (exact) mass is 441 g/mol. The van der Waals surface area contributed by atoms with Crippen LogP contribution in [0, 0.1) is 12.7 Å². The summed E-state index contributed by atoms with van der Waals surface area (Å²) in [5.74, 6) is -0.884. The van der Waals surface area contributed by atoms with Crippen molar-refractivity contribution >= 4 is 36.4 Å². The lowest BCUT2D eigenvalue weighted by Gasteiger charge is -2.23. The van der Waals surface area contributed by atoms with Gasteiger partial charge in [-0.1, -0.05) is 5.21 Å². The van der Waals surface area contributed by atoms with Crippen LogP contribution in [0.1, 0.15) is 35.1 Å². The Bertz CT molecular complexity index is 955. The lowest BCUT2D eigenvalue weighted by atomic mass is 10.1. The molecule has 1 aromatic carbocycles. The smallest absolute Gasteiger partial charge is 0.278 e. The van der Waals surface area contributed by atoms with E-state index in [2.05, 4.69) is 26.0 Å². The third-order valence-electron chi connectivity index (χ3n) is 4.75. The van der Waals surface area contributed by atoms with Crippen molar-refractivity contribution in [3.63, 3.8) is 0 Å². The number of carbonyl (C=O) groups is 1. The summed E-state index contributed by atoms with van der Waals surface area (Å²) < 4.78 is 17.6. The molecular formula is C18H22Cl2FN7O. The van der Waals surface area contributed by atoms with E-state index in [1.165, 1.54) is 10.7 Å². The zero-order valence-corrected chi connectivity index (χ0v) is 17.3. The lowest BCUT2D eigenvalue weighted by Crippen LogP contribution is -2.30. The minimum absolute atomic E-state index is 0. The fourth-order valence-electron chi connectivity index (χ4n) is 3.32. The highest BCUT2D eigenvalue weighted by Crippen LogP contribution is 2.22. The van der Waals surface area contributed by atoms with Gasteiger partial charge in [0.2, 0.25) is 0 Å². The van der Waals surface area contributed by atoms with Crippen LogP contribution in [-0.2, 0) is 0 Å². The summed E-state index contributed by atoms with van der Waals surface area (Å²) in [6, 6.07) is 6.41. The Morgan fingerprint density at radius 3 is 2.69 bits per heavy atom. The molecule has 2 N–H and O–H groups in total. The molecule has 29 heavy (non-hydrogen) atoms. The van der Waals surface area contributed by atoms with E-state index < -0.39 is 11.7 Å². The molecule has 0 spiro atoms. The van der Waals surface area contributed by atoms with Crippen LogP contribution in [-0.4, -0.2) is 43.8 Å². The predicted molar refractivity (Wildman–Crippen MR) is 112 cm³/mol. The highest BCUT2D eigenvalue weighted by Gasteiger charge is 2.23. The quantitative estimate of drug-likeness (QED) is 0.649. The Labute approximate surface area is 179 Å². The largest absolute Gasteiger partial charge is 0.320 e. The molecule has 2 aromatic heterocycles. The summed E-state index contributed by atoms with van der Waals surface area (Å²) in [5, 5.41) is 18.2. The predicted octanol–water partition coefficient (Wildman–Crippen LogP) is 2.93. The summed E-state index contributed by atoms with van der Waals surface area (Å²) in [7, 11) is 0. The van der Waals surface area contributed by atoms with Gasteiger partial charge >= 0.3 is 0 Å². The van der Waals surface area contributed by atoms with E-state index in [-0.39, 0.29) is 36.5 Å². The van der Waals surface area contributed by atoms with Crippen molar-refractivity contribution in [1.29, 1.82) is 0 Å². The van der Waals surface area contributed by atoms with Crippen LogP contribution < -0.4 is 10.6 Å². The maximum Gasteiger partial charge on any atom is 0.278 e. The van der Waals surface area contributed by atoms with Crippen LogP contribution in [0.5, 0.6) is 0 Å². The molecule has 0 aliphatic carbocycles. The average Bonchev–Trinajstić information content (AvgIpc) is 3.32. The van der Waals surface area contributed by atoms with E-state index >= 15 is 0 Å². The third-order valence-corrected chi connectivity index (χ3v) is 4.75. The van der Waals surface area contributed by atoms with Crippen LogP contribution in [0.15, 0.2) is 36.7 Å². The molecule has 3 heterocycles. The van der Waals surface area contributed by atoms with E-state index in [1.807, 2.05) is 11.6 Å². The van der Waals surface area contributed by atoms with Gasteiger partial charge in [0, 0.05) is 18.1 Å². The maximum absolute atomic E-state index is 14.3. The maximum atomic E-state index is 14.3. The van der Waals surface area contributed by atoms with Crippen LogP contribution in [0.2, 0.25) is 0 Å². The summed E-state index contributed by atoms with van der Waals surface area (Å²) >= 11 is 0. The number of aromatic nitrogens is 5. The van der Waals surface area contributed by atoms with Crippen LogP contribution in [0.4, 0.5) is 10.1 Å². The molecule has 0 radical (unpaired) electrons. The number of hydrogen-bond donors (Lipinski definition) is 2. The molecule has 0 bridgehead atoms. The molecule has 1 saturated heterocycles. The van der Waals surface area contributed by atoms with E-state index in [1.54, 1.807) is 30.6 Å². The lowest BCUT2D eigenvalue weighted by molar-refractivity contribution is 0.102. The van der Waals surface area contributed by atoms with Gasteiger partial charge in [-0.25, -0.2) is 13.8 Å². The first-order valence-corrected chi connectivity index (χ1v) is 8.87. The van der Waals surface area contributed by atoms with Gasteiger partial charge in [0.25, 0.3) is 5.91 Å². The van der Waals surface area contributed by atoms with Crippen molar-refractivity contribution in [2.45, 2.75) is 25.8 Å². The minimum atomic E-state index is -0.480. The highest BCUT2D eigenvalue weighted by atomic mass is 35.5. The van der Waals surface area contributed by atoms with E-state index in [0.717, 1.165) is 25.9 Å². The molecule has 0 unspecified atom stereocenters. The van der Waals surface area contributed by atoms with Crippen molar-refractivity contribution in [1.82, 2.24) is 30.1 Å². The standard InChI is InChI=1S/C18H20FN7O.2ClH/c1-12-17(23-24-26(12)14-5-8-20-9-6-14)18(27)22-13-3-4-16(15(19)11-13)25-10-2-7-21-25;;/h2-4,7,10-11,14,20H,5-6,8-9H2,1H3,(H,22,27);2*1H. The zero-order chi connectivity index (χ0) is 18.8. The Hall–Kier alpha value is -2.49. The molecule has 156 valence electrons. The van der Waals surface area contributed by atoms with Gasteiger partial charge in [-0.05, 0) is 57.1 Å². The molecule has 8 nitrogen and oxygen atoms in total. The fourth-order valence-corrected chi connectivity index (χ4v) is 3.32. The third kappa shape index (κ3) is 4.75. The summed E-state index contributed by atoms with van der Waals surface area (Å²) in [4.78, 5) is 12.6. The Kier molecular flexibility index (Phi) is 7.72. The zero-order valence-electron chi connectivity index (χ0n) is 15.7. The molecule has 1 fully saturated rings. The van der Waals surface area contributed by atoms with Crippen LogP contribution >= 0.6 is 24.8 Å². The van der Waals surface area contributed by atoms with Crippen LogP contribution in [0.3, 0.4) is 0 Å². The highest BCUT2D eigenvalue weighted by molar-refractivity contribution is 6.03. The first kappa shape index (κ1) is 22.8. The van der Waals surface area contributed by atoms with Gasteiger partial charge in [-0.3, -0.25) is 4.79 Å². The van der Waals surface area contributed by atoms with Gasteiger partial charge < -0.3 is 10.6 Å². The van der Waals surface area contributed by atoms with Crippen LogP contribution in [0.25, 0.3) is 5.69 Å². The minimum Gasteiger partial charge on any atom is -0.320 e. The first-order chi connectivity index (χ1) is 13.1. The van der Waals surface area contributed by atoms with E-state index in [9.17, 15) is 9.18 Å². The number of anilines is 1. The number of halogens is 3. The topological polar surface area (TPSA) is 89.7 Å². The number of nitrogens with one attached hydrogen (secondary N) is 2. The molecule has 3 aromatic rings. The van der Waals surface area contributed by atoms with E-state index in [0.29, 0.717) is 17.1 Å². The van der Waals surface area contributed by atoms with Crippen molar-refractivity contribution < 1.29 is 9.18 Å². The average molecular weight is 442 g/mol. The van der Waals surface area contributed by atoms with Gasteiger partial charge in [0.15, 0.2) is 11.5 Å². The van der Waals surface area contributed by atoms with Crippen molar-refractivity contribution in [2.75, 3.05) is 18.4 Å². The molecular weight excluding hydrogens is 420 g/mol. The Morgan fingerprint density at radius 2 is 2.03 bits per heavy atom. The first-order valence-electron chi connectivity index (χ1n) is 8.87. The van der Waals surface area contributed by atoms with Gasteiger partial charge in [0.1, 0.15) is 5.69 Å². The van der Waals surface area contributed by atoms with Gasteiger partial charge in [-0.2, -0.15) is 5.10 Å². The summed E-state index contributed by atoms with van der Waals surface area (Å²) in [6.07, 6.45) is 5.12. The second kappa shape index (κ2) is 9.82. The molecule has 1 amide bonds.